The normalized spacial score (nSPS) is 12.2. The van der Waals surface area contributed by atoms with E-state index >= 15 is 0 Å². The van der Waals surface area contributed by atoms with Gasteiger partial charge in [-0.25, -0.2) is 0 Å². The van der Waals surface area contributed by atoms with Gasteiger partial charge in [-0.15, -0.1) is 0 Å². The lowest BCUT2D eigenvalue weighted by Crippen LogP contribution is -2.31. The first-order chi connectivity index (χ1) is 8.02. The zero-order valence-electron chi connectivity index (χ0n) is 10.5. The van der Waals surface area contributed by atoms with Crippen LogP contribution in [0.2, 0.25) is 0 Å². The van der Waals surface area contributed by atoms with Gasteiger partial charge in [-0.2, -0.15) is 8.42 Å². The van der Waals surface area contributed by atoms with Crippen LogP contribution in [-0.4, -0.2) is 42.3 Å². The Morgan fingerprint density at radius 2 is 1.78 bits per heavy atom. The van der Waals surface area contributed by atoms with Crippen molar-refractivity contribution in [2.45, 2.75) is 33.1 Å². The molecule has 106 valence electrons. The molecular weight excluding hydrogens is 262 g/mol. The summed E-state index contributed by atoms with van der Waals surface area (Å²) in [7, 11) is -4.00. The fraction of sp³-hybridized carbons (Fsp3) is 0.800. The summed E-state index contributed by atoms with van der Waals surface area (Å²) in [6.45, 7) is 3.46. The standard InChI is InChI=1S/C10H19NO6S/c1-10(2,7-9(13)14)6-8(12)11-4-3-5-18(15,16)17/h3-7H2,1-2H3,(H,11,12)(H,13,14)(H,15,16,17). The molecular formula is C10H19NO6S. The van der Waals surface area contributed by atoms with Gasteiger partial charge in [0.05, 0.1) is 12.2 Å². The number of carboxylic acid groups (broad SMARTS) is 1. The third kappa shape index (κ3) is 10.0. The van der Waals surface area contributed by atoms with Gasteiger partial charge in [0, 0.05) is 13.0 Å². The molecule has 18 heavy (non-hydrogen) atoms. The Balaban J connectivity index is 3.94. The van der Waals surface area contributed by atoms with Crippen LogP contribution in [0.1, 0.15) is 33.1 Å². The van der Waals surface area contributed by atoms with Crippen LogP contribution in [0.4, 0.5) is 0 Å². The average Bonchev–Trinajstić information content (AvgIpc) is 2.07. The molecule has 0 radical (unpaired) electrons. The van der Waals surface area contributed by atoms with Crippen molar-refractivity contribution < 1.29 is 27.7 Å². The van der Waals surface area contributed by atoms with Crippen molar-refractivity contribution in [2.75, 3.05) is 12.3 Å². The fourth-order valence-corrected chi connectivity index (χ4v) is 1.96. The quantitative estimate of drug-likeness (QED) is 0.434. The van der Waals surface area contributed by atoms with Gasteiger partial charge in [0.25, 0.3) is 10.1 Å². The Hall–Kier alpha value is -1.15. The summed E-state index contributed by atoms with van der Waals surface area (Å²) in [4.78, 5) is 22.0. The zero-order chi connectivity index (χ0) is 14.4. The molecule has 0 heterocycles. The van der Waals surface area contributed by atoms with E-state index in [0.29, 0.717) is 0 Å². The minimum absolute atomic E-state index is 0.0468. The monoisotopic (exact) mass is 281 g/mol. The molecule has 1 amide bonds. The second-order valence-corrected chi connectivity index (χ2v) is 6.47. The van der Waals surface area contributed by atoms with Crippen molar-refractivity contribution in [3.05, 3.63) is 0 Å². The molecule has 0 unspecified atom stereocenters. The highest BCUT2D eigenvalue weighted by molar-refractivity contribution is 7.85. The van der Waals surface area contributed by atoms with E-state index in [2.05, 4.69) is 5.32 Å². The van der Waals surface area contributed by atoms with E-state index in [1.54, 1.807) is 13.8 Å². The molecule has 0 aromatic carbocycles. The molecule has 0 saturated heterocycles. The predicted octanol–water partition coefficient (Wildman–Crippen LogP) is 0.272. The number of amides is 1. The van der Waals surface area contributed by atoms with Crippen LogP contribution in [0.5, 0.6) is 0 Å². The maximum Gasteiger partial charge on any atom is 0.303 e. The van der Waals surface area contributed by atoms with E-state index in [-0.39, 0.29) is 31.7 Å². The van der Waals surface area contributed by atoms with Gasteiger partial charge in [0.2, 0.25) is 5.91 Å². The molecule has 0 saturated carbocycles. The van der Waals surface area contributed by atoms with Gasteiger partial charge in [0.15, 0.2) is 0 Å². The minimum Gasteiger partial charge on any atom is -0.481 e. The number of hydrogen-bond donors (Lipinski definition) is 3. The van der Waals surface area contributed by atoms with Crippen LogP contribution in [0.25, 0.3) is 0 Å². The summed E-state index contributed by atoms with van der Waals surface area (Å²) in [5, 5.41) is 11.1. The Kier molecular flexibility index (Phi) is 6.27. The fourth-order valence-electron chi connectivity index (χ4n) is 1.45. The first-order valence-electron chi connectivity index (χ1n) is 5.45. The molecule has 0 aliphatic heterocycles. The minimum atomic E-state index is -4.00. The Bertz CT molecular complexity index is 401. The topological polar surface area (TPSA) is 121 Å². The molecule has 0 aliphatic rings. The van der Waals surface area contributed by atoms with Crippen LogP contribution in [0.15, 0.2) is 0 Å². The summed E-state index contributed by atoms with van der Waals surface area (Å²) < 4.78 is 29.3. The van der Waals surface area contributed by atoms with Crippen molar-refractivity contribution in [1.82, 2.24) is 5.32 Å². The van der Waals surface area contributed by atoms with Crippen molar-refractivity contribution in [3.63, 3.8) is 0 Å². The smallest absolute Gasteiger partial charge is 0.303 e. The lowest BCUT2D eigenvalue weighted by atomic mass is 9.85. The summed E-state index contributed by atoms with van der Waals surface area (Å²) in [6, 6.07) is 0. The molecule has 0 fully saturated rings. The van der Waals surface area contributed by atoms with E-state index < -0.39 is 27.3 Å². The lowest BCUT2D eigenvalue weighted by Gasteiger charge is -2.21. The Morgan fingerprint density at radius 3 is 2.22 bits per heavy atom. The third-order valence-electron chi connectivity index (χ3n) is 2.17. The van der Waals surface area contributed by atoms with E-state index in [0.717, 1.165) is 0 Å². The molecule has 0 rings (SSSR count). The number of carboxylic acids is 1. The predicted molar refractivity (Wildman–Crippen MR) is 64.7 cm³/mol. The molecule has 0 atom stereocenters. The number of rotatable bonds is 8. The van der Waals surface area contributed by atoms with Gasteiger partial charge in [-0.3, -0.25) is 14.1 Å². The van der Waals surface area contributed by atoms with Crippen LogP contribution < -0.4 is 5.32 Å². The molecule has 0 aromatic rings. The molecule has 8 heteroatoms. The highest BCUT2D eigenvalue weighted by Crippen LogP contribution is 2.24. The van der Waals surface area contributed by atoms with Gasteiger partial charge < -0.3 is 10.4 Å². The summed E-state index contributed by atoms with van der Waals surface area (Å²) in [5.74, 6) is -1.72. The lowest BCUT2D eigenvalue weighted by molar-refractivity contribution is -0.139. The van der Waals surface area contributed by atoms with Crippen LogP contribution in [-0.2, 0) is 19.7 Å². The van der Waals surface area contributed by atoms with Crippen LogP contribution in [0.3, 0.4) is 0 Å². The SMILES string of the molecule is CC(C)(CC(=O)O)CC(=O)NCCCS(=O)(=O)O. The van der Waals surface area contributed by atoms with Gasteiger partial charge in [-0.05, 0) is 11.8 Å². The average molecular weight is 281 g/mol. The molecule has 3 N–H and O–H groups in total. The Labute approximate surface area is 106 Å². The van der Waals surface area contributed by atoms with Gasteiger partial charge in [-0.1, -0.05) is 13.8 Å². The van der Waals surface area contributed by atoms with Crippen LogP contribution in [0, 0.1) is 5.41 Å². The highest BCUT2D eigenvalue weighted by atomic mass is 32.2. The summed E-state index contributed by atoms with van der Waals surface area (Å²) >= 11 is 0. The van der Waals surface area contributed by atoms with E-state index in [1.165, 1.54) is 0 Å². The Morgan fingerprint density at radius 1 is 1.22 bits per heavy atom. The summed E-state index contributed by atoms with van der Waals surface area (Å²) in [6.07, 6.45) is 0.0422. The molecule has 7 nitrogen and oxygen atoms in total. The molecule has 0 spiro atoms. The molecule has 0 aromatic heterocycles. The maximum atomic E-state index is 11.4. The van der Waals surface area contributed by atoms with E-state index in [4.69, 9.17) is 9.66 Å². The van der Waals surface area contributed by atoms with E-state index in [9.17, 15) is 18.0 Å². The van der Waals surface area contributed by atoms with E-state index in [1.807, 2.05) is 0 Å². The van der Waals surface area contributed by atoms with Crippen molar-refractivity contribution in [2.24, 2.45) is 5.41 Å². The number of aliphatic carboxylic acids is 1. The highest BCUT2D eigenvalue weighted by Gasteiger charge is 2.24. The number of nitrogens with one attached hydrogen (secondary N) is 1. The zero-order valence-corrected chi connectivity index (χ0v) is 11.3. The number of carbonyl (C=O) groups excluding carboxylic acids is 1. The van der Waals surface area contributed by atoms with Gasteiger partial charge in [0.1, 0.15) is 0 Å². The number of carbonyl (C=O) groups is 2. The largest absolute Gasteiger partial charge is 0.481 e. The molecule has 0 bridgehead atoms. The van der Waals surface area contributed by atoms with Gasteiger partial charge >= 0.3 is 5.97 Å². The molecule has 0 aliphatic carbocycles. The number of hydrogen-bond acceptors (Lipinski definition) is 4. The van der Waals surface area contributed by atoms with Crippen molar-refractivity contribution in [3.8, 4) is 0 Å². The second-order valence-electron chi connectivity index (χ2n) is 4.90. The summed E-state index contributed by atoms with van der Waals surface area (Å²) in [5.41, 5.74) is -0.654. The first-order valence-corrected chi connectivity index (χ1v) is 7.06. The second kappa shape index (κ2) is 6.69. The van der Waals surface area contributed by atoms with Crippen molar-refractivity contribution >= 4 is 22.0 Å². The van der Waals surface area contributed by atoms with Crippen LogP contribution >= 0.6 is 0 Å². The van der Waals surface area contributed by atoms with Crippen molar-refractivity contribution in [1.29, 1.82) is 0 Å². The third-order valence-corrected chi connectivity index (χ3v) is 2.97. The first kappa shape index (κ1) is 16.9. The maximum absolute atomic E-state index is 11.4.